The van der Waals surface area contributed by atoms with E-state index in [2.05, 4.69) is 5.32 Å². The third-order valence-electron chi connectivity index (χ3n) is 5.62. The summed E-state index contributed by atoms with van der Waals surface area (Å²) in [4.78, 5) is 37.8. The Bertz CT molecular complexity index is 911. The molecule has 2 aliphatic rings. The third kappa shape index (κ3) is 3.52. The molecule has 2 amide bonds. The number of hydrogen-bond acceptors (Lipinski definition) is 4. The Morgan fingerprint density at radius 3 is 2.64 bits per heavy atom. The van der Waals surface area contributed by atoms with Crippen LogP contribution in [0.15, 0.2) is 41.0 Å². The number of carbonyl (C=O) groups is 3. The first kappa shape index (κ1) is 18.3. The second kappa shape index (κ2) is 7.50. The molecule has 1 aromatic heterocycles. The molecular weight excluding hydrogens is 360 g/mol. The Labute approximate surface area is 162 Å². The van der Waals surface area contributed by atoms with Crippen molar-refractivity contribution in [2.24, 2.45) is 5.92 Å². The lowest BCUT2D eigenvalue weighted by molar-refractivity contribution is -0.142. The number of fused-ring (bicyclic) bond motifs is 1. The normalized spacial score (nSPS) is 21.4. The van der Waals surface area contributed by atoms with Gasteiger partial charge in [0.25, 0.3) is 5.91 Å². The molecule has 2 aromatic rings. The molecule has 0 unspecified atom stereocenters. The first-order valence-electron chi connectivity index (χ1n) is 9.51. The van der Waals surface area contributed by atoms with Crippen LogP contribution in [0.3, 0.4) is 0 Å². The minimum absolute atomic E-state index is 0.000695. The second-order valence-electron chi connectivity index (χ2n) is 7.42. The van der Waals surface area contributed by atoms with E-state index in [4.69, 9.17) is 9.52 Å². The Morgan fingerprint density at radius 2 is 1.89 bits per heavy atom. The average Bonchev–Trinajstić information content (AvgIpc) is 3.27. The molecule has 7 heteroatoms. The summed E-state index contributed by atoms with van der Waals surface area (Å²) in [6.07, 6.45) is 4.21. The van der Waals surface area contributed by atoms with Crippen molar-refractivity contribution in [2.75, 3.05) is 4.90 Å². The van der Waals surface area contributed by atoms with Gasteiger partial charge in [0.15, 0.2) is 5.76 Å². The molecule has 0 radical (unpaired) electrons. The van der Waals surface area contributed by atoms with E-state index in [9.17, 15) is 14.4 Å². The largest absolute Gasteiger partial charge is 0.481 e. The number of benzene rings is 1. The maximum absolute atomic E-state index is 12.7. The summed E-state index contributed by atoms with van der Waals surface area (Å²) in [6.45, 7) is 0.279. The molecule has 28 heavy (non-hydrogen) atoms. The fourth-order valence-electron chi connectivity index (χ4n) is 4.06. The molecule has 2 N–H and O–H groups in total. The molecule has 2 heterocycles. The topological polar surface area (TPSA) is 99.8 Å². The predicted octanol–water partition coefficient (Wildman–Crippen LogP) is 2.74. The van der Waals surface area contributed by atoms with Gasteiger partial charge in [-0.05, 0) is 43.4 Å². The number of carboxylic acid groups (broad SMARTS) is 1. The van der Waals surface area contributed by atoms with Crippen LogP contribution in [-0.2, 0) is 22.6 Å². The number of anilines is 1. The Hall–Kier alpha value is -3.09. The molecule has 7 nitrogen and oxygen atoms in total. The molecule has 146 valence electrons. The summed E-state index contributed by atoms with van der Waals surface area (Å²) in [5, 5.41) is 12.0. The summed E-state index contributed by atoms with van der Waals surface area (Å²) in [5.74, 6) is -1.21. The van der Waals surface area contributed by atoms with Gasteiger partial charge in [0, 0.05) is 17.3 Å². The average molecular weight is 382 g/mol. The predicted molar refractivity (Wildman–Crippen MR) is 101 cm³/mol. The Morgan fingerprint density at radius 1 is 1.14 bits per heavy atom. The van der Waals surface area contributed by atoms with E-state index in [0.717, 1.165) is 11.3 Å². The van der Waals surface area contributed by atoms with Crippen molar-refractivity contribution in [2.45, 2.75) is 44.7 Å². The number of nitrogens with one attached hydrogen (secondary N) is 1. The number of nitrogens with zero attached hydrogens (tertiary/aromatic N) is 1. The van der Waals surface area contributed by atoms with Crippen LogP contribution >= 0.6 is 0 Å². The van der Waals surface area contributed by atoms with Crippen molar-refractivity contribution in [3.8, 4) is 0 Å². The summed E-state index contributed by atoms with van der Waals surface area (Å²) in [5.41, 5.74) is 2.51. The Balaban J connectivity index is 1.43. The minimum Gasteiger partial charge on any atom is -0.481 e. The summed E-state index contributed by atoms with van der Waals surface area (Å²) >= 11 is 0. The van der Waals surface area contributed by atoms with E-state index in [1.54, 1.807) is 11.0 Å². The van der Waals surface area contributed by atoms with Gasteiger partial charge in [0.1, 0.15) is 0 Å². The van der Waals surface area contributed by atoms with Crippen LogP contribution in [0.25, 0.3) is 0 Å². The van der Waals surface area contributed by atoms with Gasteiger partial charge >= 0.3 is 5.97 Å². The second-order valence-corrected chi connectivity index (χ2v) is 7.42. The van der Waals surface area contributed by atoms with Crippen molar-refractivity contribution in [3.63, 3.8) is 0 Å². The van der Waals surface area contributed by atoms with Gasteiger partial charge in [-0.1, -0.05) is 18.2 Å². The quantitative estimate of drug-likeness (QED) is 0.828. The highest BCUT2D eigenvalue weighted by Crippen LogP contribution is 2.31. The number of carboxylic acids is 1. The molecule has 0 spiro atoms. The van der Waals surface area contributed by atoms with Crippen molar-refractivity contribution in [1.29, 1.82) is 0 Å². The minimum atomic E-state index is -0.770. The first-order valence-corrected chi connectivity index (χ1v) is 9.51. The van der Waals surface area contributed by atoms with Crippen molar-refractivity contribution in [3.05, 3.63) is 53.5 Å². The van der Waals surface area contributed by atoms with E-state index in [0.29, 0.717) is 37.7 Å². The van der Waals surface area contributed by atoms with Crippen LogP contribution in [-0.4, -0.2) is 28.9 Å². The standard InChI is InChI=1S/C21H22N2O5/c24-18-11-14-3-1-2-4-17(14)23(18)12-15-9-10-28-19(15)20(25)22-16-7-5-13(6-8-16)21(26)27/h1-4,9-10,13,16H,5-8,11-12H2,(H,22,25)(H,26,27). The van der Waals surface area contributed by atoms with Gasteiger partial charge in [0.2, 0.25) is 5.91 Å². The molecule has 4 rings (SSSR count). The highest BCUT2D eigenvalue weighted by molar-refractivity contribution is 6.01. The molecule has 1 saturated carbocycles. The lowest BCUT2D eigenvalue weighted by atomic mass is 9.86. The third-order valence-corrected chi connectivity index (χ3v) is 5.62. The fraction of sp³-hybridized carbons (Fsp3) is 0.381. The molecule has 0 atom stereocenters. The van der Waals surface area contributed by atoms with Gasteiger partial charge in [0.05, 0.1) is 25.1 Å². The van der Waals surface area contributed by atoms with E-state index >= 15 is 0 Å². The zero-order chi connectivity index (χ0) is 19.7. The number of rotatable bonds is 5. The van der Waals surface area contributed by atoms with E-state index in [1.165, 1.54) is 6.26 Å². The molecule has 1 fully saturated rings. The molecular formula is C21H22N2O5. The molecule has 1 aliphatic carbocycles. The summed E-state index contributed by atoms with van der Waals surface area (Å²) in [7, 11) is 0. The van der Waals surface area contributed by atoms with Gasteiger partial charge in [-0.3, -0.25) is 14.4 Å². The first-order chi connectivity index (χ1) is 13.5. The van der Waals surface area contributed by atoms with E-state index in [-0.39, 0.29) is 36.1 Å². The monoisotopic (exact) mass is 382 g/mol. The summed E-state index contributed by atoms with van der Waals surface area (Å²) < 4.78 is 5.42. The van der Waals surface area contributed by atoms with Gasteiger partial charge in [-0.2, -0.15) is 0 Å². The number of furan rings is 1. The van der Waals surface area contributed by atoms with E-state index < -0.39 is 5.97 Å². The van der Waals surface area contributed by atoms with Crippen molar-refractivity contribution < 1.29 is 23.9 Å². The van der Waals surface area contributed by atoms with Crippen LogP contribution in [0.1, 0.15) is 47.4 Å². The van der Waals surface area contributed by atoms with Crippen LogP contribution in [0.2, 0.25) is 0 Å². The zero-order valence-electron chi connectivity index (χ0n) is 15.4. The maximum Gasteiger partial charge on any atom is 0.306 e. The molecule has 0 saturated heterocycles. The molecule has 0 bridgehead atoms. The maximum atomic E-state index is 12.7. The molecule has 1 aliphatic heterocycles. The number of amides is 2. The zero-order valence-corrected chi connectivity index (χ0v) is 15.4. The molecule has 1 aromatic carbocycles. The number of hydrogen-bond donors (Lipinski definition) is 2. The van der Waals surface area contributed by atoms with Crippen LogP contribution in [0.5, 0.6) is 0 Å². The fourth-order valence-corrected chi connectivity index (χ4v) is 4.06. The van der Waals surface area contributed by atoms with Crippen LogP contribution in [0.4, 0.5) is 5.69 Å². The van der Waals surface area contributed by atoms with Gasteiger partial charge in [-0.15, -0.1) is 0 Å². The van der Waals surface area contributed by atoms with Crippen molar-refractivity contribution in [1.82, 2.24) is 5.32 Å². The highest BCUT2D eigenvalue weighted by atomic mass is 16.4. The lowest BCUT2D eigenvalue weighted by Gasteiger charge is -2.26. The van der Waals surface area contributed by atoms with Crippen LogP contribution in [0, 0.1) is 5.92 Å². The van der Waals surface area contributed by atoms with E-state index in [1.807, 2.05) is 24.3 Å². The van der Waals surface area contributed by atoms with Gasteiger partial charge < -0.3 is 19.7 Å². The highest BCUT2D eigenvalue weighted by Gasteiger charge is 2.30. The summed E-state index contributed by atoms with van der Waals surface area (Å²) in [6, 6.07) is 9.29. The number of carbonyl (C=O) groups excluding carboxylic acids is 2. The Kier molecular flexibility index (Phi) is 4.90. The lowest BCUT2D eigenvalue weighted by Crippen LogP contribution is -2.39. The number of aliphatic carboxylic acids is 1. The van der Waals surface area contributed by atoms with Gasteiger partial charge in [-0.25, -0.2) is 0 Å². The SMILES string of the molecule is O=C(NC1CCC(C(=O)O)CC1)c1occc1CN1C(=O)Cc2ccccc21. The number of para-hydroxylation sites is 1. The smallest absolute Gasteiger partial charge is 0.306 e. The van der Waals surface area contributed by atoms with Crippen molar-refractivity contribution >= 4 is 23.5 Å². The van der Waals surface area contributed by atoms with Crippen LogP contribution < -0.4 is 10.2 Å².